The molecule has 0 amide bonds. The van der Waals surface area contributed by atoms with Crippen molar-refractivity contribution < 1.29 is 39.3 Å². The molecule has 0 aliphatic heterocycles. The van der Waals surface area contributed by atoms with Gasteiger partial charge in [-0.2, -0.15) is 0 Å². The number of carboxylic acids is 3. The number of rotatable bonds is 9. The highest BCUT2D eigenvalue weighted by Gasteiger charge is 2.23. The van der Waals surface area contributed by atoms with Crippen LogP contribution in [0.4, 0.5) is 0 Å². The van der Waals surface area contributed by atoms with Gasteiger partial charge >= 0.3 is 17.9 Å². The molecule has 194 valence electrons. The van der Waals surface area contributed by atoms with Crippen LogP contribution in [0.3, 0.4) is 0 Å². The molecule has 1 rings (SSSR count). The third kappa shape index (κ3) is 25.7. The van der Waals surface area contributed by atoms with Gasteiger partial charge in [0.15, 0.2) is 5.78 Å². The maximum atomic E-state index is 10.7. The molecule has 4 atom stereocenters. The van der Waals surface area contributed by atoms with Gasteiger partial charge in [-0.15, -0.1) is 0 Å². The van der Waals surface area contributed by atoms with Gasteiger partial charge < -0.3 is 38.3 Å². The van der Waals surface area contributed by atoms with Gasteiger partial charge in [-0.05, 0) is 32.6 Å². The predicted molar refractivity (Wildman–Crippen MR) is 123 cm³/mol. The Hall–Kier alpha value is -2.41. The van der Waals surface area contributed by atoms with Gasteiger partial charge in [0, 0.05) is 18.9 Å². The van der Waals surface area contributed by atoms with Crippen molar-refractivity contribution >= 4 is 29.5 Å². The summed E-state index contributed by atoms with van der Waals surface area (Å²) in [7, 11) is 0. The molecule has 4 unspecified atom stereocenters. The third-order valence-electron chi connectivity index (χ3n) is 4.17. The molecule has 0 spiro atoms. The van der Waals surface area contributed by atoms with Crippen LogP contribution < -0.4 is 22.9 Å². The molecule has 33 heavy (non-hydrogen) atoms. The van der Waals surface area contributed by atoms with Gasteiger partial charge in [-0.3, -0.25) is 24.0 Å². The van der Waals surface area contributed by atoms with E-state index in [1.165, 1.54) is 6.42 Å². The quantitative estimate of drug-likeness (QED) is 0.220. The second kappa shape index (κ2) is 21.4. The van der Waals surface area contributed by atoms with Crippen LogP contribution in [-0.4, -0.2) is 69.0 Å². The lowest BCUT2D eigenvalue weighted by Crippen LogP contribution is -2.36. The predicted octanol–water partition coefficient (Wildman–Crippen LogP) is 0.231. The average Bonchev–Trinajstić information content (AvgIpc) is 2.70. The summed E-state index contributed by atoms with van der Waals surface area (Å²) in [5.74, 6) is -3.18. The minimum Gasteiger partial charge on any atom is -0.481 e. The highest BCUT2D eigenvalue weighted by Crippen LogP contribution is 2.08. The Labute approximate surface area is 195 Å². The largest absolute Gasteiger partial charge is 0.481 e. The maximum Gasteiger partial charge on any atom is 0.320 e. The number of carboxylic acid groups (broad SMARTS) is 3. The van der Waals surface area contributed by atoms with Crippen LogP contribution in [0.25, 0.3) is 0 Å². The van der Waals surface area contributed by atoms with E-state index in [0.717, 1.165) is 12.8 Å². The van der Waals surface area contributed by atoms with E-state index in [2.05, 4.69) is 6.92 Å². The smallest absolute Gasteiger partial charge is 0.320 e. The van der Waals surface area contributed by atoms with E-state index in [9.17, 15) is 24.0 Å². The Balaban J connectivity index is -0.000000369. The van der Waals surface area contributed by atoms with E-state index in [0.29, 0.717) is 25.3 Å². The van der Waals surface area contributed by atoms with E-state index in [1.807, 2.05) is 13.8 Å². The fraction of sp³-hybridized carbons (Fsp3) is 0.762. The molecule has 12 heteroatoms. The number of ketones is 2. The minimum absolute atomic E-state index is 0.0231. The van der Waals surface area contributed by atoms with Crippen molar-refractivity contribution in [3.63, 3.8) is 0 Å². The van der Waals surface area contributed by atoms with E-state index in [4.69, 9.17) is 38.3 Å². The first-order chi connectivity index (χ1) is 15.2. The first-order valence-corrected chi connectivity index (χ1v) is 10.9. The van der Waals surface area contributed by atoms with E-state index in [1.54, 1.807) is 0 Å². The maximum absolute atomic E-state index is 10.7. The molecule has 0 aromatic carbocycles. The summed E-state index contributed by atoms with van der Waals surface area (Å²) in [6, 6.07) is -1.70. The number of aliphatic carboxylic acids is 3. The van der Waals surface area contributed by atoms with Crippen LogP contribution in [0.5, 0.6) is 0 Å². The summed E-state index contributed by atoms with van der Waals surface area (Å²) in [6.45, 7) is 6.08. The molecule has 0 radical (unpaired) electrons. The van der Waals surface area contributed by atoms with E-state index < -0.39 is 30.0 Å². The van der Waals surface area contributed by atoms with Gasteiger partial charge in [0.05, 0.1) is 12.5 Å². The minimum atomic E-state index is -1.17. The summed E-state index contributed by atoms with van der Waals surface area (Å²) in [4.78, 5) is 51.0. The van der Waals surface area contributed by atoms with Crippen molar-refractivity contribution in [2.24, 2.45) is 22.9 Å². The summed E-state index contributed by atoms with van der Waals surface area (Å²) in [5.41, 5.74) is 20.9. The molecule has 12 nitrogen and oxygen atoms in total. The lowest BCUT2D eigenvalue weighted by molar-refractivity contribution is -0.140. The zero-order valence-electron chi connectivity index (χ0n) is 19.9. The fourth-order valence-electron chi connectivity index (χ4n) is 2.18. The molecular weight excluding hydrogens is 436 g/mol. The number of hydrogen-bond acceptors (Lipinski definition) is 9. The van der Waals surface area contributed by atoms with Crippen molar-refractivity contribution in [2.45, 2.75) is 103 Å². The molecule has 1 fully saturated rings. The zero-order valence-corrected chi connectivity index (χ0v) is 19.9. The molecule has 1 saturated carbocycles. The Kier molecular flexibility index (Phi) is 22.9. The first kappa shape index (κ1) is 35.2. The topological polar surface area (TPSA) is 250 Å². The lowest BCUT2D eigenvalue weighted by Gasteiger charge is -2.13. The third-order valence-corrected chi connectivity index (χ3v) is 4.17. The summed E-state index contributed by atoms with van der Waals surface area (Å²) >= 11 is 0. The van der Waals surface area contributed by atoms with Crippen molar-refractivity contribution in [1.82, 2.24) is 0 Å². The summed E-state index contributed by atoms with van der Waals surface area (Å²) in [5, 5.41) is 24.5. The molecular formula is C21H42N4O8. The number of carbonyl (C=O) groups is 5. The molecule has 0 bridgehead atoms. The van der Waals surface area contributed by atoms with Gasteiger partial charge in [-0.1, -0.05) is 26.7 Å². The van der Waals surface area contributed by atoms with Crippen LogP contribution in [0, 0.1) is 0 Å². The summed E-state index contributed by atoms with van der Waals surface area (Å²) in [6.07, 6.45) is 4.60. The van der Waals surface area contributed by atoms with Gasteiger partial charge in [-0.25, -0.2) is 0 Å². The van der Waals surface area contributed by atoms with Crippen molar-refractivity contribution in [3.05, 3.63) is 0 Å². The van der Waals surface area contributed by atoms with Gasteiger partial charge in [0.25, 0.3) is 0 Å². The van der Waals surface area contributed by atoms with Gasteiger partial charge in [0.1, 0.15) is 17.9 Å². The standard InChI is InChI=1S/C6H9NO2.C5H9NO4.C5H11NO2.C5H13N/c7-5-2-1-4(8)3-6(5)9;6-3(5(9)10)1-2-4(7)8;1-2-3-4(6)5(7)8;1-3-4-5(2)6/h5H,1-3,7H2;3H,1-2,6H2,(H,7,8)(H,9,10);4H,2-3,6H2,1H3,(H,7,8);5H,3-4,6H2,1-2H3. The highest BCUT2D eigenvalue weighted by molar-refractivity contribution is 6.03. The number of hydrogen-bond donors (Lipinski definition) is 7. The Morgan fingerprint density at radius 3 is 1.61 bits per heavy atom. The molecule has 0 aromatic rings. The normalized spacial score (nSPS) is 17.5. The molecule has 11 N–H and O–H groups in total. The van der Waals surface area contributed by atoms with Gasteiger partial charge in [0.2, 0.25) is 0 Å². The molecule has 0 aromatic heterocycles. The van der Waals surface area contributed by atoms with Crippen molar-refractivity contribution in [3.8, 4) is 0 Å². The van der Waals surface area contributed by atoms with Crippen LogP contribution >= 0.6 is 0 Å². The van der Waals surface area contributed by atoms with E-state index in [-0.39, 0.29) is 36.9 Å². The summed E-state index contributed by atoms with van der Waals surface area (Å²) < 4.78 is 0. The van der Waals surface area contributed by atoms with Crippen LogP contribution in [0.1, 0.15) is 78.6 Å². The van der Waals surface area contributed by atoms with Crippen LogP contribution in [-0.2, 0) is 24.0 Å². The second-order valence-corrected chi connectivity index (χ2v) is 7.70. The molecule has 1 aliphatic rings. The average molecular weight is 479 g/mol. The zero-order chi connectivity index (χ0) is 26.6. The molecule has 0 heterocycles. The monoisotopic (exact) mass is 478 g/mol. The van der Waals surface area contributed by atoms with Crippen LogP contribution in [0.15, 0.2) is 0 Å². The van der Waals surface area contributed by atoms with E-state index >= 15 is 0 Å². The number of Topliss-reactive ketones (excluding diaryl/α,β-unsaturated/α-hetero) is 2. The SMILES string of the molecule is CCCC(C)N.CCCC(N)C(=O)O.NC(CCC(=O)O)C(=O)O.NC1CCC(=O)CC1=O. The highest BCUT2D eigenvalue weighted by atomic mass is 16.4. The first-order valence-electron chi connectivity index (χ1n) is 10.9. The fourth-order valence-corrected chi connectivity index (χ4v) is 2.18. The number of nitrogens with two attached hydrogens (primary N) is 4. The van der Waals surface area contributed by atoms with Crippen LogP contribution in [0.2, 0.25) is 0 Å². The Morgan fingerprint density at radius 2 is 1.36 bits per heavy atom. The lowest BCUT2D eigenvalue weighted by atomic mass is 9.94. The number of carbonyl (C=O) groups excluding carboxylic acids is 2. The van der Waals surface area contributed by atoms with Crippen molar-refractivity contribution in [1.29, 1.82) is 0 Å². The molecule has 1 aliphatic carbocycles. The molecule has 0 saturated heterocycles. The van der Waals surface area contributed by atoms with Crippen molar-refractivity contribution in [2.75, 3.05) is 0 Å². The Bertz CT molecular complexity index is 599. The second-order valence-electron chi connectivity index (χ2n) is 7.70. The Morgan fingerprint density at radius 1 is 0.909 bits per heavy atom.